The van der Waals surface area contributed by atoms with Gasteiger partial charge in [0.25, 0.3) is 0 Å². The van der Waals surface area contributed by atoms with Gasteiger partial charge in [0.2, 0.25) is 0 Å². The predicted molar refractivity (Wildman–Crippen MR) is 78.7 cm³/mol. The summed E-state index contributed by atoms with van der Waals surface area (Å²) in [7, 11) is 2.81. The number of fused-ring (bicyclic) bond motifs is 1. The normalized spacial score (nSPS) is 19.9. The number of carbonyl (C=O) groups is 2. The van der Waals surface area contributed by atoms with Crippen molar-refractivity contribution < 1.29 is 19.2 Å². The second-order valence-corrected chi connectivity index (χ2v) is 5.38. The van der Waals surface area contributed by atoms with Crippen LogP contribution in [0.2, 0.25) is 0 Å². The highest BCUT2D eigenvalue weighted by atomic mass is 32.1. The van der Waals surface area contributed by atoms with Gasteiger partial charge in [-0.1, -0.05) is 29.1 Å². The van der Waals surface area contributed by atoms with Gasteiger partial charge in [-0.3, -0.25) is 0 Å². The molecule has 2 aliphatic heterocycles. The Hall–Kier alpha value is -2.24. The molecule has 3 rings (SSSR count). The number of amides is 1. The van der Waals surface area contributed by atoms with E-state index in [-0.39, 0.29) is 11.9 Å². The summed E-state index contributed by atoms with van der Waals surface area (Å²) in [6.07, 6.45) is 7.55. The maximum atomic E-state index is 12.3. The lowest BCUT2D eigenvalue weighted by Crippen LogP contribution is -3.12. The predicted octanol–water partition coefficient (Wildman–Crippen LogP) is 0.365. The number of methoxy groups -OCH3 is 1. The van der Waals surface area contributed by atoms with E-state index in [0.717, 1.165) is 15.5 Å². The van der Waals surface area contributed by atoms with Crippen LogP contribution in [0.4, 0.5) is 0 Å². The lowest BCUT2D eigenvalue weighted by molar-refractivity contribution is -0.647. The summed E-state index contributed by atoms with van der Waals surface area (Å²) in [6, 6.07) is 6.90. The van der Waals surface area contributed by atoms with Gasteiger partial charge in [0.05, 0.1) is 12.7 Å². The summed E-state index contributed by atoms with van der Waals surface area (Å²) in [5.74, 6) is -0.341. The van der Waals surface area contributed by atoms with Gasteiger partial charge in [-0.15, -0.1) is 0 Å². The Morgan fingerprint density at radius 2 is 1.95 bits per heavy atom. The molecule has 0 saturated carbocycles. The molecule has 20 heavy (non-hydrogen) atoms. The van der Waals surface area contributed by atoms with Gasteiger partial charge in [-0.05, 0) is 18.2 Å². The minimum atomic E-state index is -0.379. The molecule has 0 fully saturated rings. The summed E-state index contributed by atoms with van der Waals surface area (Å²) in [4.78, 5) is 26.1. The second-order valence-electron chi connectivity index (χ2n) is 4.33. The Bertz CT molecular complexity index is 722. The zero-order valence-electron chi connectivity index (χ0n) is 10.8. The van der Waals surface area contributed by atoms with Crippen molar-refractivity contribution >= 4 is 32.7 Å². The Morgan fingerprint density at radius 3 is 2.60 bits per heavy atom. The van der Waals surface area contributed by atoms with E-state index in [4.69, 9.17) is 0 Å². The number of esters is 1. The van der Waals surface area contributed by atoms with Gasteiger partial charge in [0.1, 0.15) is 11.1 Å². The van der Waals surface area contributed by atoms with Gasteiger partial charge < -0.3 is 4.74 Å². The Balaban J connectivity index is 1.96. The minimum Gasteiger partial charge on any atom is -0.465 e. The molecule has 1 aromatic rings. The average Bonchev–Trinajstić information content (AvgIpc) is 2.84. The summed E-state index contributed by atoms with van der Waals surface area (Å²) in [5.41, 5.74) is 1.30. The van der Waals surface area contributed by atoms with Gasteiger partial charge in [-0.25, -0.2) is 9.59 Å². The molecular weight excluding hydrogens is 274 g/mol. The molecular formula is C15H12NO3S+. The van der Waals surface area contributed by atoms with Crippen molar-refractivity contribution in [3.8, 4) is 0 Å². The van der Waals surface area contributed by atoms with Crippen molar-refractivity contribution in [2.45, 2.75) is 0 Å². The number of nitrogens with one attached hydrogen (secondary N) is 1. The molecule has 0 aromatic heterocycles. The highest BCUT2D eigenvalue weighted by Gasteiger charge is 2.33. The molecule has 5 heteroatoms. The van der Waals surface area contributed by atoms with Crippen LogP contribution in [0.3, 0.4) is 0 Å². The van der Waals surface area contributed by atoms with Crippen molar-refractivity contribution in [3.05, 3.63) is 59.8 Å². The van der Waals surface area contributed by atoms with Crippen LogP contribution < -0.4 is 4.90 Å². The Kier molecular flexibility index (Phi) is 3.22. The summed E-state index contributed by atoms with van der Waals surface area (Å²) >= 11 is 0. The number of ether oxygens (including phenoxy) is 1. The Morgan fingerprint density at radius 1 is 1.20 bits per heavy atom. The zero-order valence-corrected chi connectivity index (χ0v) is 11.6. The fourth-order valence-corrected chi connectivity index (χ4v) is 3.18. The topological polar surface area (TPSA) is 47.8 Å². The monoisotopic (exact) mass is 286 g/mol. The molecule has 1 N–H and O–H groups in total. The molecule has 0 saturated heterocycles. The summed E-state index contributed by atoms with van der Waals surface area (Å²) < 4.78 is 4.66. The van der Waals surface area contributed by atoms with Crippen LogP contribution in [0.15, 0.2) is 48.7 Å². The van der Waals surface area contributed by atoms with E-state index in [9.17, 15) is 9.59 Å². The van der Waals surface area contributed by atoms with Crippen LogP contribution >= 0.6 is 10.9 Å². The zero-order chi connectivity index (χ0) is 14.1. The van der Waals surface area contributed by atoms with Gasteiger partial charge in [-0.2, -0.15) is 4.90 Å². The molecule has 1 unspecified atom stereocenters. The summed E-state index contributed by atoms with van der Waals surface area (Å²) in [6.45, 7) is 0. The van der Waals surface area contributed by atoms with Crippen LogP contribution in [0.1, 0.15) is 15.9 Å². The van der Waals surface area contributed by atoms with Crippen molar-refractivity contribution in [1.29, 1.82) is 0 Å². The third-order valence-electron chi connectivity index (χ3n) is 3.12. The lowest BCUT2D eigenvalue weighted by atomic mass is 10.1. The van der Waals surface area contributed by atoms with Gasteiger partial charge >= 0.3 is 11.9 Å². The second kappa shape index (κ2) is 5.03. The van der Waals surface area contributed by atoms with Gasteiger partial charge in [0, 0.05) is 11.6 Å². The van der Waals surface area contributed by atoms with Crippen molar-refractivity contribution in [2.75, 3.05) is 7.11 Å². The van der Waals surface area contributed by atoms with Crippen molar-refractivity contribution in [1.82, 2.24) is 0 Å². The van der Waals surface area contributed by atoms with E-state index in [1.165, 1.54) is 18.0 Å². The minimum absolute atomic E-state index is 0.0384. The average molecular weight is 286 g/mol. The quantitative estimate of drug-likeness (QED) is 0.631. The number of carbonyl (C=O) groups excluding carboxylic acids is 2. The molecule has 1 atom stereocenters. The van der Waals surface area contributed by atoms with Crippen molar-refractivity contribution in [3.63, 3.8) is 0 Å². The third kappa shape index (κ3) is 2.07. The fourth-order valence-electron chi connectivity index (χ4n) is 2.09. The molecule has 2 heterocycles. The van der Waals surface area contributed by atoms with Crippen LogP contribution in [-0.2, 0) is 9.53 Å². The van der Waals surface area contributed by atoms with Gasteiger partial charge in [0.15, 0.2) is 4.99 Å². The molecule has 0 bridgehead atoms. The third-order valence-corrected chi connectivity index (χ3v) is 4.32. The maximum absolute atomic E-state index is 12.3. The van der Waals surface area contributed by atoms with Crippen LogP contribution in [-0.4, -0.2) is 28.8 Å². The molecule has 100 valence electrons. The first-order valence-electron chi connectivity index (χ1n) is 6.08. The van der Waals surface area contributed by atoms with E-state index in [0.29, 0.717) is 10.4 Å². The number of hydrogen-bond donors (Lipinski definition) is 1. The molecule has 0 radical (unpaired) electrons. The first-order valence-corrected chi connectivity index (χ1v) is 6.89. The first-order chi connectivity index (χ1) is 9.70. The van der Waals surface area contributed by atoms with Crippen LogP contribution in [0, 0.1) is 0 Å². The largest absolute Gasteiger partial charge is 0.465 e. The highest BCUT2D eigenvalue weighted by Crippen LogP contribution is 2.10. The molecule has 0 spiro atoms. The molecule has 1 amide bonds. The molecule has 0 aliphatic carbocycles. The highest BCUT2D eigenvalue weighted by molar-refractivity contribution is 8.00. The molecule has 4 nitrogen and oxygen atoms in total. The van der Waals surface area contributed by atoms with E-state index in [2.05, 4.69) is 4.74 Å². The van der Waals surface area contributed by atoms with Crippen molar-refractivity contribution in [2.24, 2.45) is 0 Å². The van der Waals surface area contributed by atoms with E-state index in [1.807, 2.05) is 24.4 Å². The number of rotatable bonds is 2. The standard InChI is InChI=1S/C15H11NO3S/c1-19-15(18)11-7-5-10(6-8-11)13-14(17)16-9-3-2-4-12(16)20-13/h2-9H,1H3/p+1. The number of hydrogen-bond acceptors (Lipinski definition) is 3. The Labute approximate surface area is 119 Å². The lowest BCUT2D eigenvalue weighted by Gasteiger charge is -2.08. The molecule has 2 aliphatic rings. The summed E-state index contributed by atoms with van der Waals surface area (Å²) in [5, 5.41) is 0. The maximum Gasteiger partial charge on any atom is 0.365 e. The smallest absolute Gasteiger partial charge is 0.365 e. The van der Waals surface area contributed by atoms with Crippen LogP contribution in [0.5, 0.6) is 0 Å². The molecule has 1 aromatic carbocycles. The van der Waals surface area contributed by atoms with E-state index >= 15 is 0 Å². The number of benzene rings is 1. The first kappa shape index (κ1) is 12.8. The number of quaternary nitrogens is 1. The van der Waals surface area contributed by atoms with E-state index < -0.39 is 0 Å². The SMILES string of the molecule is COC(=O)c1ccc(C2=S=C3C=CC=C[NH+]3C2=O)cc1. The van der Waals surface area contributed by atoms with Crippen LogP contribution in [0.25, 0.3) is 0 Å². The van der Waals surface area contributed by atoms with E-state index in [1.54, 1.807) is 24.3 Å². The number of allylic oxidation sites excluding steroid dienone is 2. The fraction of sp³-hybridized carbons (Fsp3) is 0.0667.